The molecule has 1 aromatic heterocycles. The molecule has 0 radical (unpaired) electrons. The Bertz CT molecular complexity index is 235. The smallest absolute Gasteiger partial charge is 0.0272 e. The monoisotopic (exact) mass is 178 g/mol. The van der Waals surface area contributed by atoms with E-state index in [1.165, 1.54) is 0 Å². The molecule has 0 saturated carbocycles. The van der Waals surface area contributed by atoms with Gasteiger partial charge in [0, 0.05) is 24.0 Å². The maximum absolute atomic E-state index is 3.82. The molecular formula is C11H18N2. The van der Waals surface area contributed by atoms with Crippen molar-refractivity contribution in [1.29, 1.82) is 0 Å². The largest absolute Gasteiger partial charge is 0.366 e. The molecule has 0 aliphatic rings. The molecule has 2 nitrogen and oxygen atoms in total. The maximum Gasteiger partial charge on any atom is 0.0272 e. The number of rotatable bonds is 4. The van der Waals surface area contributed by atoms with Gasteiger partial charge in [-0.3, -0.25) is 0 Å². The van der Waals surface area contributed by atoms with E-state index >= 15 is 0 Å². The van der Waals surface area contributed by atoms with Crippen molar-refractivity contribution >= 4 is 0 Å². The van der Waals surface area contributed by atoms with Gasteiger partial charge in [0.25, 0.3) is 0 Å². The molecule has 72 valence electrons. The van der Waals surface area contributed by atoms with Crippen LogP contribution >= 0.6 is 0 Å². The lowest BCUT2D eigenvalue weighted by Gasteiger charge is -2.01. The standard InChI is InChI=1S/C9H12N2.C2H6/c1-3-10-8(2)7-9-5-4-6-11-9;1-2/h3-6,10-11H,1-2,7H2;1-2H3. The van der Waals surface area contributed by atoms with E-state index in [0.29, 0.717) is 0 Å². The van der Waals surface area contributed by atoms with Crippen molar-refractivity contribution in [2.75, 3.05) is 0 Å². The Morgan fingerprint density at radius 2 is 2.31 bits per heavy atom. The highest BCUT2D eigenvalue weighted by Gasteiger charge is 1.93. The molecule has 1 rings (SSSR count). The third-order valence-electron chi connectivity index (χ3n) is 1.37. The summed E-state index contributed by atoms with van der Waals surface area (Å²) in [5, 5.41) is 2.93. The number of hydrogen-bond acceptors (Lipinski definition) is 1. The molecule has 0 bridgehead atoms. The third kappa shape index (κ3) is 4.90. The first-order valence-corrected chi connectivity index (χ1v) is 4.50. The van der Waals surface area contributed by atoms with Gasteiger partial charge in [0.05, 0.1) is 0 Å². The summed E-state index contributed by atoms with van der Waals surface area (Å²) in [6.45, 7) is 11.4. The molecule has 0 aliphatic heterocycles. The van der Waals surface area contributed by atoms with Crippen molar-refractivity contribution in [3.05, 3.63) is 49.1 Å². The highest BCUT2D eigenvalue weighted by Crippen LogP contribution is 2.00. The van der Waals surface area contributed by atoms with Crippen molar-refractivity contribution in [3.8, 4) is 0 Å². The van der Waals surface area contributed by atoms with E-state index < -0.39 is 0 Å². The Labute approximate surface area is 80.4 Å². The van der Waals surface area contributed by atoms with Crippen LogP contribution in [-0.4, -0.2) is 4.98 Å². The number of hydrogen-bond donors (Lipinski definition) is 2. The summed E-state index contributed by atoms with van der Waals surface area (Å²) >= 11 is 0. The highest BCUT2D eigenvalue weighted by molar-refractivity contribution is 5.12. The predicted octanol–water partition coefficient (Wildman–Crippen LogP) is 2.83. The molecule has 0 saturated heterocycles. The molecule has 2 N–H and O–H groups in total. The van der Waals surface area contributed by atoms with Gasteiger partial charge in [0.1, 0.15) is 0 Å². The number of aromatic amines is 1. The van der Waals surface area contributed by atoms with Crippen LogP contribution < -0.4 is 5.32 Å². The molecule has 0 aromatic carbocycles. The summed E-state index contributed by atoms with van der Waals surface area (Å²) in [4.78, 5) is 3.09. The van der Waals surface area contributed by atoms with E-state index in [4.69, 9.17) is 0 Å². The van der Waals surface area contributed by atoms with Gasteiger partial charge in [0.2, 0.25) is 0 Å². The molecule has 0 unspecified atom stereocenters. The van der Waals surface area contributed by atoms with Gasteiger partial charge in [-0.25, -0.2) is 0 Å². The normalized spacial score (nSPS) is 8.15. The molecule has 0 spiro atoms. The average molecular weight is 178 g/mol. The second-order valence-corrected chi connectivity index (χ2v) is 2.32. The van der Waals surface area contributed by atoms with Gasteiger partial charge in [0.15, 0.2) is 0 Å². The van der Waals surface area contributed by atoms with Gasteiger partial charge in [-0.1, -0.05) is 27.0 Å². The first kappa shape index (κ1) is 11.6. The van der Waals surface area contributed by atoms with Crippen molar-refractivity contribution < 1.29 is 0 Å². The van der Waals surface area contributed by atoms with E-state index in [-0.39, 0.29) is 0 Å². The van der Waals surface area contributed by atoms with Crippen molar-refractivity contribution in [2.45, 2.75) is 20.3 Å². The van der Waals surface area contributed by atoms with Crippen LogP contribution in [0.15, 0.2) is 43.4 Å². The predicted molar refractivity (Wildman–Crippen MR) is 58.3 cm³/mol. The zero-order valence-electron chi connectivity index (χ0n) is 8.43. The fraction of sp³-hybridized carbons (Fsp3) is 0.273. The SMILES string of the molecule is C=CNC(=C)Cc1ccc[nH]1.CC. The fourth-order valence-electron chi connectivity index (χ4n) is 0.903. The summed E-state index contributed by atoms with van der Waals surface area (Å²) in [5.41, 5.74) is 2.10. The van der Waals surface area contributed by atoms with Crippen molar-refractivity contribution in [1.82, 2.24) is 10.3 Å². The van der Waals surface area contributed by atoms with E-state index in [9.17, 15) is 0 Å². The number of allylic oxidation sites excluding steroid dienone is 1. The lowest BCUT2D eigenvalue weighted by molar-refractivity contribution is 0.955. The minimum Gasteiger partial charge on any atom is -0.366 e. The molecule has 0 fully saturated rings. The Morgan fingerprint density at radius 3 is 2.77 bits per heavy atom. The van der Waals surface area contributed by atoms with Gasteiger partial charge in [-0.05, 0) is 18.3 Å². The van der Waals surface area contributed by atoms with Crippen LogP contribution in [0.5, 0.6) is 0 Å². The van der Waals surface area contributed by atoms with Crippen LogP contribution in [0.3, 0.4) is 0 Å². The van der Waals surface area contributed by atoms with E-state index in [0.717, 1.165) is 17.8 Å². The quantitative estimate of drug-likeness (QED) is 0.729. The first-order chi connectivity index (χ1) is 6.33. The summed E-state index contributed by atoms with van der Waals surface area (Å²) < 4.78 is 0. The van der Waals surface area contributed by atoms with Gasteiger partial charge >= 0.3 is 0 Å². The van der Waals surface area contributed by atoms with E-state index in [1.54, 1.807) is 6.20 Å². The van der Waals surface area contributed by atoms with Crippen molar-refractivity contribution in [3.63, 3.8) is 0 Å². The molecule has 1 heterocycles. The maximum atomic E-state index is 3.82. The van der Waals surface area contributed by atoms with Crippen LogP contribution in [0.4, 0.5) is 0 Å². The summed E-state index contributed by atoms with van der Waals surface area (Å²) in [6, 6.07) is 3.99. The summed E-state index contributed by atoms with van der Waals surface area (Å²) in [5.74, 6) is 0. The minimum atomic E-state index is 0.818. The lowest BCUT2D eigenvalue weighted by Crippen LogP contribution is -2.05. The zero-order chi connectivity index (χ0) is 10.1. The van der Waals surface area contributed by atoms with Gasteiger partial charge in [-0.2, -0.15) is 0 Å². The molecule has 0 amide bonds. The van der Waals surface area contributed by atoms with Gasteiger partial charge < -0.3 is 10.3 Å². The summed E-state index contributed by atoms with van der Waals surface area (Å²) in [7, 11) is 0. The van der Waals surface area contributed by atoms with Crippen LogP contribution in [0.2, 0.25) is 0 Å². The molecule has 13 heavy (non-hydrogen) atoms. The molecule has 0 atom stereocenters. The molecule has 0 aliphatic carbocycles. The highest BCUT2D eigenvalue weighted by atomic mass is 14.8. The number of aromatic nitrogens is 1. The van der Waals surface area contributed by atoms with Crippen LogP contribution in [0.1, 0.15) is 19.5 Å². The van der Waals surface area contributed by atoms with E-state index in [1.807, 2.05) is 32.2 Å². The van der Waals surface area contributed by atoms with Crippen LogP contribution in [0.25, 0.3) is 0 Å². The van der Waals surface area contributed by atoms with Gasteiger partial charge in [-0.15, -0.1) is 0 Å². The average Bonchev–Trinajstić information content (AvgIpc) is 2.61. The topological polar surface area (TPSA) is 27.8 Å². The first-order valence-electron chi connectivity index (χ1n) is 4.50. The Balaban J connectivity index is 0.000000671. The second kappa shape index (κ2) is 7.22. The molecular weight excluding hydrogens is 160 g/mol. The van der Waals surface area contributed by atoms with Crippen LogP contribution in [0, 0.1) is 0 Å². The number of H-pyrrole nitrogens is 1. The molecule has 2 heteroatoms. The third-order valence-corrected chi connectivity index (χ3v) is 1.37. The van der Waals surface area contributed by atoms with Crippen LogP contribution in [-0.2, 0) is 6.42 Å². The number of nitrogens with one attached hydrogen (secondary N) is 2. The second-order valence-electron chi connectivity index (χ2n) is 2.32. The Hall–Kier alpha value is -1.44. The zero-order valence-corrected chi connectivity index (χ0v) is 8.43. The Kier molecular flexibility index (Phi) is 6.42. The molecule has 1 aromatic rings. The minimum absolute atomic E-state index is 0.818. The summed E-state index contributed by atoms with van der Waals surface area (Å²) in [6.07, 6.45) is 4.35. The lowest BCUT2D eigenvalue weighted by atomic mass is 10.2. The fourth-order valence-corrected chi connectivity index (χ4v) is 0.903. The van der Waals surface area contributed by atoms with E-state index in [2.05, 4.69) is 23.5 Å². The van der Waals surface area contributed by atoms with Crippen molar-refractivity contribution in [2.24, 2.45) is 0 Å². The Morgan fingerprint density at radius 1 is 1.62 bits per heavy atom.